The molecular formula is C15H18N2O3. The predicted molar refractivity (Wildman–Crippen MR) is 76.4 cm³/mol. The van der Waals surface area contributed by atoms with Gasteiger partial charge < -0.3 is 20.2 Å². The molecule has 0 atom stereocenters. The van der Waals surface area contributed by atoms with Gasteiger partial charge in [-0.3, -0.25) is 4.79 Å². The summed E-state index contributed by atoms with van der Waals surface area (Å²) in [6, 6.07) is 10.8. The molecule has 0 aliphatic heterocycles. The number of nitrogens with one attached hydrogen (secondary N) is 1. The predicted octanol–water partition coefficient (Wildman–Crippen LogP) is 1.99. The molecule has 1 aromatic carbocycles. The van der Waals surface area contributed by atoms with E-state index in [1.54, 1.807) is 30.5 Å². The van der Waals surface area contributed by atoms with Gasteiger partial charge in [-0.1, -0.05) is 0 Å². The molecule has 5 heteroatoms. The molecule has 0 spiro atoms. The van der Waals surface area contributed by atoms with Crippen LogP contribution in [0.25, 0.3) is 0 Å². The van der Waals surface area contributed by atoms with Crippen molar-refractivity contribution >= 4 is 11.6 Å². The van der Waals surface area contributed by atoms with Crippen molar-refractivity contribution in [3.63, 3.8) is 0 Å². The normalized spacial score (nSPS) is 10.2. The van der Waals surface area contributed by atoms with Crippen LogP contribution in [0.4, 0.5) is 5.69 Å². The molecule has 1 amide bonds. The average molecular weight is 274 g/mol. The number of rotatable bonds is 7. The van der Waals surface area contributed by atoms with Crippen LogP contribution in [0.1, 0.15) is 12.2 Å². The molecule has 0 fully saturated rings. The Balaban J connectivity index is 1.58. The van der Waals surface area contributed by atoms with Crippen molar-refractivity contribution in [1.82, 2.24) is 5.32 Å². The van der Waals surface area contributed by atoms with Crippen molar-refractivity contribution in [3.05, 3.63) is 48.4 Å². The van der Waals surface area contributed by atoms with E-state index >= 15 is 0 Å². The second-order valence-corrected chi connectivity index (χ2v) is 4.35. The fraction of sp³-hybridized carbons (Fsp3) is 0.267. The zero-order valence-electron chi connectivity index (χ0n) is 11.2. The summed E-state index contributed by atoms with van der Waals surface area (Å²) < 4.78 is 10.6. The molecular weight excluding hydrogens is 256 g/mol. The lowest BCUT2D eigenvalue weighted by Crippen LogP contribution is -2.28. The van der Waals surface area contributed by atoms with Crippen LogP contribution < -0.4 is 15.8 Å². The number of hydrogen-bond donors (Lipinski definition) is 2. The highest BCUT2D eigenvalue weighted by atomic mass is 16.5. The number of anilines is 1. The van der Waals surface area contributed by atoms with Crippen LogP contribution in [0.2, 0.25) is 0 Å². The van der Waals surface area contributed by atoms with Gasteiger partial charge in [-0.15, -0.1) is 0 Å². The van der Waals surface area contributed by atoms with E-state index in [2.05, 4.69) is 5.32 Å². The molecule has 2 rings (SSSR count). The number of amides is 1. The van der Waals surface area contributed by atoms with Crippen molar-refractivity contribution in [3.8, 4) is 5.75 Å². The zero-order chi connectivity index (χ0) is 14.2. The number of ether oxygens (including phenoxy) is 1. The van der Waals surface area contributed by atoms with Crippen LogP contribution in [-0.4, -0.2) is 19.1 Å². The highest BCUT2D eigenvalue weighted by molar-refractivity contribution is 5.76. The number of hydrogen-bond acceptors (Lipinski definition) is 4. The Bertz CT molecular complexity index is 521. The minimum absolute atomic E-state index is 0.0118. The Kier molecular flexibility index (Phi) is 5.06. The van der Waals surface area contributed by atoms with E-state index in [-0.39, 0.29) is 5.91 Å². The third-order valence-corrected chi connectivity index (χ3v) is 2.75. The maximum atomic E-state index is 11.6. The topological polar surface area (TPSA) is 77.5 Å². The van der Waals surface area contributed by atoms with Crippen molar-refractivity contribution in [2.24, 2.45) is 0 Å². The molecule has 0 bridgehead atoms. The van der Waals surface area contributed by atoms with Gasteiger partial charge in [-0.2, -0.15) is 0 Å². The number of nitrogen functional groups attached to an aromatic ring is 1. The summed E-state index contributed by atoms with van der Waals surface area (Å²) >= 11 is 0. The molecule has 1 aromatic heterocycles. The maximum Gasteiger partial charge on any atom is 0.220 e. The third kappa shape index (κ3) is 4.68. The van der Waals surface area contributed by atoms with Gasteiger partial charge in [0, 0.05) is 18.5 Å². The first-order valence-electron chi connectivity index (χ1n) is 6.51. The third-order valence-electron chi connectivity index (χ3n) is 2.75. The molecule has 3 N–H and O–H groups in total. The van der Waals surface area contributed by atoms with Gasteiger partial charge in [0.25, 0.3) is 0 Å². The molecule has 1 heterocycles. The molecule has 20 heavy (non-hydrogen) atoms. The lowest BCUT2D eigenvalue weighted by molar-refractivity contribution is -0.121. The second kappa shape index (κ2) is 7.23. The average Bonchev–Trinajstić information content (AvgIpc) is 2.96. The van der Waals surface area contributed by atoms with Crippen molar-refractivity contribution in [1.29, 1.82) is 0 Å². The Morgan fingerprint density at radius 1 is 1.25 bits per heavy atom. The van der Waals surface area contributed by atoms with E-state index in [9.17, 15) is 4.79 Å². The molecule has 0 radical (unpaired) electrons. The second-order valence-electron chi connectivity index (χ2n) is 4.35. The Hall–Kier alpha value is -2.43. The first kappa shape index (κ1) is 14.0. The zero-order valence-corrected chi connectivity index (χ0v) is 11.2. The SMILES string of the molecule is Nc1ccc(OCCNC(=O)CCc2ccco2)cc1. The van der Waals surface area contributed by atoms with Crippen molar-refractivity contribution < 1.29 is 13.9 Å². The summed E-state index contributed by atoms with van der Waals surface area (Å²) in [4.78, 5) is 11.6. The minimum atomic E-state index is -0.0118. The number of aryl methyl sites for hydroxylation is 1. The number of carbonyl (C=O) groups is 1. The van der Waals surface area contributed by atoms with Gasteiger partial charge in [0.2, 0.25) is 5.91 Å². The van der Waals surface area contributed by atoms with Crippen LogP contribution in [0.3, 0.4) is 0 Å². The molecule has 5 nitrogen and oxygen atoms in total. The summed E-state index contributed by atoms with van der Waals surface area (Å²) in [5.74, 6) is 1.55. The van der Waals surface area contributed by atoms with Crippen LogP contribution in [0.15, 0.2) is 47.1 Å². The summed E-state index contributed by atoms with van der Waals surface area (Å²) in [5.41, 5.74) is 6.27. The van der Waals surface area contributed by atoms with E-state index in [4.69, 9.17) is 14.9 Å². The fourth-order valence-corrected chi connectivity index (χ4v) is 1.70. The monoisotopic (exact) mass is 274 g/mol. The summed E-state index contributed by atoms with van der Waals surface area (Å²) in [6.07, 6.45) is 2.63. The van der Waals surface area contributed by atoms with E-state index in [0.29, 0.717) is 31.7 Å². The van der Waals surface area contributed by atoms with Gasteiger partial charge in [-0.25, -0.2) is 0 Å². The molecule has 106 valence electrons. The minimum Gasteiger partial charge on any atom is -0.492 e. The van der Waals surface area contributed by atoms with Crippen LogP contribution in [-0.2, 0) is 11.2 Å². The van der Waals surface area contributed by atoms with Crippen LogP contribution >= 0.6 is 0 Å². The summed E-state index contributed by atoms with van der Waals surface area (Å²) in [6.45, 7) is 0.901. The van der Waals surface area contributed by atoms with E-state index in [1.807, 2.05) is 12.1 Å². The lowest BCUT2D eigenvalue weighted by Gasteiger charge is -2.07. The fourth-order valence-electron chi connectivity index (χ4n) is 1.70. The van der Waals surface area contributed by atoms with Crippen LogP contribution in [0.5, 0.6) is 5.75 Å². The number of furan rings is 1. The Labute approximate surface area is 117 Å². The maximum absolute atomic E-state index is 11.6. The van der Waals surface area contributed by atoms with Gasteiger partial charge in [-0.05, 0) is 36.4 Å². The molecule has 0 saturated carbocycles. The molecule has 0 aliphatic rings. The van der Waals surface area contributed by atoms with E-state index < -0.39 is 0 Å². The van der Waals surface area contributed by atoms with E-state index in [1.165, 1.54) is 0 Å². The quantitative estimate of drug-likeness (QED) is 0.598. The highest BCUT2D eigenvalue weighted by Crippen LogP contribution is 2.12. The molecule has 0 saturated heterocycles. The summed E-state index contributed by atoms with van der Waals surface area (Å²) in [7, 11) is 0. The van der Waals surface area contributed by atoms with Crippen molar-refractivity contribution in [2.45, 2.75) is 12.8 Å². The van der Waals surface area contributed by atoms with Gasteiger partial charge >= 0.3 is 0 Å². The van der Waals surface area contributed by atoms with Crippen molar-refractivity contribution in [2.75, 3.05) is 18.9 Å². The Morgan fingerprint density at radius 3 is 2.75 bits per heavy atom. The van der Waals surface area contributed by atoms with E-state index in [0.717, 1.165) is 11.5 Å². The van der Waals surface area contributed by atoms with Crippen LogP contribution in [0, 0.1) is 0 Å². The molecule has 2 aromatic rings. The smallest absolute Gasteiger partial charge is 0.220 e. The highest BCUT2D eigenvalue weighted by Gasteiger charge is 2.03. The molecule has 0 unspecified atom stereocenters. The van der Waals surface area contributed by atoms with Gasteiger partial charge in [0.05, 0.1) is 12.8 Å². The number of carbonyl (C=O) groups excluding carboxylic acids is 1. The first-order chi connectivity index (χ1) is 9.74. The lowest BCUT2D eigenvalue weighted by atomic mass is 10.2. The Morgan fingerprint density at radius 2 is 2.05 bits per heavy atom. The summed E-state index contributed by atoms with van der Waals surface area (Å²) in [5, 5.41) is 2.80. The van der Waals surface area contributed by atoms with Gasteiger partial charge in [0.15, 0.2) is 0 Å². The number of benzene rings is 1. The number of nitrogens with two attached hydrogens (primary N) is 1. The first-order valence-corrected chi connectivity index (χ1v) is 6.51. The molecule has 0 aliphatic carbocycles. The largest absolute Gasteiger partial charge is 0.492 e. The standard InChI is InChI=1S/C15H18N2O3/c16-12-3-5-14(6-4-12)20-11-9-17-15(18)8-7-13-2-1-10-19-13/h1-6,10H,7-9,11,16H2,(H,17,18). The van der Waals surface area contributed by atoms with Gasteiger partial charge in [0.1, 0.15) is 18.1 Å².